The van der Waals surface area contributed by atoms with Crippen LogP contribution in [0.1, 0.15) is 90.3 Å². The van der Waals surface area contributed by atoms with Crippen molar-refractivity contribution in [3.63, 3.8) is 0 Å². The van der Waals surface area contributed by atoms with Crippen molar-refractivity contribution in [2.45, 2.75) is 96.3 Å². The summed E-state index contributed by atoms with van der Waals surface area (Å²) in [5.74, 6) is 0. The molecule has 0 saturated carbocycles. The van der Waals surface area contributed by atoms with Gasteiger partial charge in [-0.1, -0.05) is 51.8 Å². The zero-order valence-electron chi connectivity index (χ0n) is 29.3. The number of ether oxygens (including phenoxy) is 1. The first-order valence-electron chi connectivity index (χ1n) is 17.4. The fourth-order valence-electron chi connectivity index (χ4n) is 8.06. The number of fused-ring (bicyclic) bond motifs is 2. The van der Waals surface area contributed by atoms with Crippen LogP contribution in [0.5, 0.6) is 0 Å². The van der Waals surface area contributed by atoms with E-state index < -0.39 is 15.5 Å². The number of rotatable bonds is 9. The van der Waals surface area contributed by atoms with Gasteiger partial charge in [0.15, 0.2) is 5.71 Å². The lowest BCUT2D eigenvalue weighted by molar-refractivity contribution is -0.437. The summed E-state index contributed by atoms with van der Waals surface area (Å²) < 4.78 is 42.3. The van der Waals surface area contributed by atoms with Gasteiger partial charge in [-0.15, -0.1) is 0 Å². The second kappa shape index (κ2) is 12.7. The SMILES string of the molecule is CCCCN1C(=CC2=C(N3CCOCC3)C(=CC3=[N+](CCC)c4ccc(S(=O)(=O)O)cc4C3(C)C)CC2)C(C)(C)c2cc(C)ccc21. The maximum Gasteiger partial charge on any atom is 0.294 e. The molecule has 4 aliphatic rings. The van der Waals surface area contributed by atoms with Crippen molar-refractivity contribution >= 4 is 27.2 Å². The summed E-state index contributed by atoms with van der Waals surface area (Å²) in [5, 5.41) is 0. The highest BCUT2D eigenvalue weighted by Crippen LogP contribution is 2.50. The van der Waals surface area contributed by atoms with Crippen LogP contribution in [-0.2, 0) is 25.7 Å². The molecule has 0 amide bonds. The Bertz CT molecular complexity index is 1810. The zero-order valence-corrected chi connectivity index (χ0v) is 30.1. The lowest BCUT2D eigenvalue weighted by atomic mass is 9.80. The Hall–Kier alpha value is -3.20. The molecule has 1 aliphatic carbocycles. The van der Waals surface area contributed by atoms with E-state index in [1.807, 2.05) is 6.07 Å². The molecule has 1 N–H and O–H groups in total. The van der Waals surface area contributed by atoms with Gasteiger partial charge in [-0.3, -0.25) is 4.55 Å². The van der Waals surface area contributed by atoms with Gasteiger partial charge in [-0.25, -0.2) is 0 Å². The largest absolute Gasteiger partial charge is 0.378 e. The molecule has 7 nitrogen and oxygen atoms in total. The standard InChI is InChI=1S/C39H51N3O4S/c1-8-10-18-42-33-15-11-27(3)23-31(33)38(4,5)36(42)25-29-13-12-28(37(29)40-19-21-46-22-20-40)24-35-39(6,7)32-26-30(47(43,44)45)14-16-34(32)41(35)17-9-2/h11,14-16,23-26H,8-10,12-13,17-22H2,1-7H3/p+1. The fourth-order valence-corrected chi connectivity index (χ4v) is 8.57. The summed E-state index contributed by atoms with van der Waals surface area (Å²) >= 11 is 0. The van der Waals surface area contributed by atoms with Crippen molar-refractivity contribution in [1.29, 1.82) is 0 Å². The first kappa shape index (κ1) is 33.7. The summed E-state index contributed by atoms with van der Waals surface area (Å²) in [6.07, 6.45) is 10.1. The number of unbranched alkanes of at least 4 members (excludes halogenated alkanes) is 1. The summed E-state index contributed by atoms with van der Waals surface area (Å²) in [7, 11) is -4.31. The van der Waals surface area contributed by atoms with Crippen molar-refractivity contribution in [2.24, 2.45) is 0 Å². The Balaban J connectivity index is 1.50. The van der Waals surface area contributed by atoms with Gasteiger partial charge in [0.1, 0.15) is 6.54 Å². The molecule has 3 heterocycles. The van der Waals surface area contributed by atoms with E-state index in [2.05, 4.69) is 93.2 Å². The quantitative estimate of drug-likeness (QED) is 0.219. The Labute approximate surface area is 282 Å². The molecule has 1 fully saturated rings. The predicted molar refractivity (Wildman–Crippen MR) is 191 cm³/mol. The van der Waals surface area contributed by atoms with E-state index in [1.165, 1.54) is 51.1 Å². The first-order chi connectivity index (χ1) is 22.3. The van der Waals surface area contributed by atoms with Crippen molar-refractivity contribution in [1.82, 2.24) is 4.90 Å². The monoisotopic (exact) mass is 658 g/mol. The number of hydrogen-bond acceptors (Lipinski definition) is 5. The molecular weight excluding hydrogens is 607 g/mol. The van der Waals surface area contributed by atoms with Crippen LogP contribution in [0.3, 0.4) is 0 Å². The van der Waals surface area contributed by atoms with Crippen molar-refractivity contribution in [3.05, 3.63) is 87.8 Å². The van der Waals surface area contributed by atoms with Gasteiger partial charge in [-0.05, 0) is 81.0 Å². The van der Waals surface area contributed by atoms with Crippen LogP contribution in [0.4, 0.5) is 11.4 Å². The molecule has 0 radical (unpaired) electrons. The molecule has 0 unspecified atom stereocenters. The number of allylic oxidation sites excluding steroid dienone is 5. The molecule has 47 heavy (non-hydrogen) atoms. The summed E-state index contributed by atoms with van der Waals surface area (Å²) in [5.41, 5.74) is 12.0. The molecule has 3 aliphatic heterocycles. The van der Waals surface area contributed by atoms with E-state index in [-0.39, 0.29) is 10.3 Å². The highest BCUT2D eigenvalue weighted by molar-refractivity contribution is 7.85. The van der Waals surface area contributed by atoms with Crippen LogP contribution in [0.15, 0.2) is 76.0 Å². The number of benzene rings is 2. The number of nitrogens with zero attached hydrogens (tertiary/aromatic N) is 3. The van der Waals surface area contributed by atoms with E-state index in [1.54, 1.807) is 6.07 Å². The Morgan fingerprint density at radius 1 is 0.936 bits per heavy atom. The number of morpholine rings is 1. The van der Waals surface area contributed by atoms with Crippen molar-refractivity contribution in [3.8, 4) is 0 Å². The molecule has 0 atom stereocenters. The minimum Gasteiger partial charge on any atom is -0.378 e. The van der Waals surface area contributed by atoms with Crippen molar-refractivity contribution in [2.75, 3.05) is 44.3 Å². The molecule has 6 rings (SSSR count). The molecular formula is C39H52N3O4S+. The lowest BCUT2D eigenvalue weighted by Crippen LogP contribution is -2.36. The number of anilines is 1. The van der Waals surface area contributed by atoms with Gasteiger partial charge >= 0.3 is 0 Å². The molecule has 0 aromatic heterocycles. The normalized spacial score (nSPS) is 22.2. The van der Waals surface area contributed by atoms with Crippen LogP contribution in [0, 0.1) is 6.92 Å². The highest BCUT2D eigenvalue weighted by Gasteiger charge is 2.46. The molecule has 0 spiro atoms. The number of aryl methyl sites for hydroxylation is 1. The average Bonchev–Trinajstić information content (AvgIpc) is 3.59. The van der Waals surface area contributed by atoms with Crippen LogP contribution in [-0.4, -0.2) is 67.6 Å². The van der Waals surface area contributed by atoms with E-state index in [4.69, 9.17) is 4.74 Å². The third-order valence-electron chi connectivity index (χ3n) is 10.6. The molecule has 0 bridgehead atoms. The first-order valence-corrected chi connectivity index (χ1v) is 18.9. The predicted octanol–water partition coefficient (Wildman–Crippen LogP) is 7.82. The molecule has 252 valence electrons. The third-order valence-corrected chi connectivity index (χ3v) is 11.5. The van der Waals surface area contributed by atoms with Crippen LogP contribution in [0.25, 0.3) is 0 Å². The van der Waals surface area contributed by atoms with Gasteiger partial charge in [0, 0.05) is 66.3 Å². The molecule has 1 saturated heterocycles. The second-order valence-corrected chi connectivity index (χ2v) is 16.1. The summed E-state index contributed by atoms with van der Waals surface area (Å²) in [6, 6.07) is 12.0. The van der Waals surface area contributed by atoms with Gasteiger partial charge in [0.25, 0.3) is 10.1 Å². The van der Waals surface area contributed by atoms with Crippen LogP contribution < -0.4 is 4.90 Å². The van der Waals surface area contributed by atoms with Crippen LogP contribution >= 0.6 is 0 Å². The molecule has 2 aromatic rings. The van der Waals surface area contributed by atoms with E-state index in [9.17, 15) is 13.0 Å². The van der Waals surface area contributed by atoms with E-state index >= 15 is 0 Å². The van der Waals surface area contributed by atoms with Gasteiger partial charge in [0.2, 0.25) is 5.69 Å². The Kier molecular flexibility index (Phi) is 9.09. The summed E-state index contributed by atoms with van der Waals surface area (Å²) in [4.78, 5) is 5.05. The molecule has 2 aromatic carbocycles. The average molecular weight is 659 g/mol. The van der Waals surface area contributed by atoms with E-state index in [0.29, 0.717) is 13.2 Å². The number of hydrogen-bond donors (Lipinski definition) is 1. The summed E-state index contributed by atoms with van der Waals surface area (Å²) in [6.45, 7) is 20.7. The molecule has 8 heteroatoms. The van der Waals surface area contributed by atoms with E-state index in [0.717, 1.165) is 69.5 Å². The Morgan fingerprint density at radius 2 is 1.68 bits per heavy atom. The lowest BCUT2D eigenvalue weighted by Gasteiger charge is -2.32. The second-order valence-electron chi connectivity index (χ2n) is 14.6. The minimum atomic E-state index is -4.31. The topological polar surface area (TPSA) is 73.1 Å². The third kappa shape index (κ3) is 6.02. The zero-order chi connectivity index (χ0) is 33.7. The maximum absolute atomic E-state index is 12.1. The van der Waals surface area contributed by atoms with Crippen molar-refractivity contribution < 1.29 is 22.3 Å². The van der Waals surface area contributed by atoms with Crippen LogP contribution in [0.2, 0.25) is 0 Å². The minimum absolute atomic E-state index is 0.0543. The van der Waals surface area contributed by atoms with Gasteiger partial charge in [0.05, 0.1) is 23.5 Å². The maximum atomic E-state index is 12.1. The smallest absolute Gasteiger partial charge is 0.294 e. The fraction of sp³-hybridized carbons (Fsp3) is 0.513. The Morgan fingerprint density at radius 3 is 2.36 bits per heavy atom. The highest BCUT2D eigenvalue weighted by atomic mass is 32.2. The van der Waals surface area contributed by atoms with Gasteiger partial charge < -0.3 is 14.5 Å². The van der Waals surface area contributed by atoms with Gasteiger partial charge in [-0.2, -0.15) is 13.0 Å².